The van der Waals surface area contributed by atoms with Crippen molar-refractivity contribution in [1.82, 2.24) is 18.3 Å². The van der Waals surface area contributed by atoms with Crippen molar-refractivity contribution in [3.8, 4) is 45.0 Å². The van der Waals surface area contributed by atoms with E-state index in [0.29, 0.717) is 0 Å². The Balaban J connectivity index is 0.655. The molecule has 0 saturated carbocycles. The van der Waals surface area contributed by atoms with E-state index in [2.05, 4.69) is 479 Å². The van der Waals surface area contributed by atoms with Crippen molar-refractivity contribution in [3.05, 3.63) is 441 Å². The minimum atomic E-state index is -0.161. The third-order valence-corrected chi connectivity index (χ3v) is 27.0. The summed E-state index contributed by atoms with van der Waals surface area (Å²) in [6.45, 7) is 9.47. The standard InChI is InChI=1S/C116H81N7/c1-115(2)99-46-28-26-44-87(99)89-54-48-81(68-101(89)115)117(74-30-12-5-13-31-74)83-50-56-95-107(70-83)120(77-36-18-8-19-37-77)103-64-60-93-91(111(95)103)62-66-105-113(93)97-58-52-85(72-109(97)122(105)79-40-22-10-23-41-79)119(76-34-16-7-17-35-76)86-53-59-98-110(73-86)123(80-42-24-11-25-43-80)106-67-63-92-94(114(98)106)61-65-104-112(92)96-57-51-84(71-108(96)121(104)78-38-20-9-21-39-78)118(75-32-14-6-15-33-75)82-49-55-90-88-45-27-29-47-100(88)116(3,4)102(90)69-82/h5-73H,1-4H3. The number of nitrogens with zero attached hydrogens (tertiary/aromatic N) is 7. The van der Waals surface area contributed by atoms with Crippen LogP contribution in [0.1, 0.15) is 49.9 Å². The average Bonchev–Trinajstić information content (AvgIpc) is 1.54. The Labute approximate surface area is 712 Å². The van der Waals surface area contributed by atoms with E-state index in [1.165, 1.54) is 109 Å². The molecule has 0 bridgehead atoms. The predicted molar refractivity (Wildman–Crippen MR) is 518 cm³/mol. The summed E-state index contributed by atoms with van der Waals surface area (Å²) >= 11 is 0. The van der Waals surface area contributed by atoms with Crippen molar-refractivity contribution >= 4 is 160 Å². The molecule has 0 atom stereocenters. The molecule has 0 N–H and O–H groups in total. The van der Waals surface area contributed by atoms with Crippen LogP contribution in [0, 0.1) is 0 Å². The Morgan fingerprint density at radius 1 is 0.163 bits per heavy atom. The molecule has 0 spiro atoms. The molecule has 23 aromatic rings. The first-order valence-corrected chi connectivity index (χ1v) is 42.8. The van der Waals surface area contributed by atoms with Gasteiger partial charge in [0.25, 0.3) is 0 Å². The van der Waals surface area contributed by atoms with Gasteiger partial charge in [-0.1, -0.05) is 264 Å². The molecular weight excluding hydrogens is 1490 g/mol. The van der Waals surface area contributed by atoms with Gasteiger partial charge < -0.3 is 33.0 Å². The van der Waals surface area contributed by atoms with Gasteiger partial charge in [0.2, 0.25) is 0 Å². The molecular formula is C116H81N7. The van der Waals surface area contributed by atoms with Crippen LogP contribution in [0.15, 0.2) is 419 Å². The van der Waals surface area contributed by atoms with E-state index >= 15 is 0 Å². The molecule has 2 aliphatic carbocycles. The number of benzene rings is 19. The minimum absolute atomic E-state index is 0.161. The first kappa shape index (κ1) is 70.3. The fourth-order valence-electron chi connectivity index (χ4n) is 21.5. The zero-order valence-electron chi connectivity index (χ0n) is 68.5. The lowest BCUT2D eigenvalue weighted by Gasteiger charge is -2.28. The Hall–Kier alpha value is -15.7. The Morgan fingerprint density at radius 3 is 0.642 bits per heavy atom. The van der Waals surface area contributed by atoms with Crippen molar-refractivity contribution in [3.63, 3.8) is 0 Å². The minimum Gasteiger partial charge on any atom is -0.310 e. The number of fused-ring (bicyclic) bond motifs is 24. The molecule has 0 unspecified atom stereocenters. The van der Waals surface area contributed by atoms with Crippen LogP contribution in [0.4, 0.5) is 51.2 Å². The number of hydrogen-bond acceptors (Lipinski definition) is 3. The van der Waals surface area contributed by atoms with Crippen molar-refractivity contribution < 1.29 is 0 Å². The Morgan fingerprint density at radius 2 is 0.374 bits per heavy atom. The van der Waals surface area contributed by atoms with Crippen molar-refractivity contribution in [2.45, 2.75) is 38.5 Å². The first-order valence-electron chi connectivity index (χ1n) is 42.8. The summed E-state index contributed by atoms with van der Waals surface area (Å²) in [7, 11) is 0. The molecule has 0 saturated heterocycles. The zero-order valence-corrected chi connectivity index (χ0v) is 68.5. The monoisotopic (exact) mass is 1570 g/mol. The molecule has 25 rings (SSSR count). The highest BCUT2D eigenvalue weighted by Gasteiger charge is 2.38. The summed E-state index contributed by atoms with van der Waals surface area (Å²) < 4.78 is 9.93. The largest absolute Gasteiger partial charge is 0.310 e. The van der Waals surface area contributed by atoms with Crippen LogP contribution in [-0.4, -0.2) is 18.3 Å². The molecule has 0 fully saturated rings. The number of para-hydroxylation sites is 7. The van der Waals surface area contributed by atoms with E-state index < -0.39 is 0 Å². The van der Waals surface area contributed by atoms with E-state index in [0.717, 1.165) is 118 Å². The summed E-state index contributed by atoms with van der Waals surface area (Å²) in [4.78, 5) is 7.33. The van der Waals surface area contributed by atoms with E-state index in [-0.39, 0.29) is 10.8 Å². The molecule has 0 aliphatic heterocycles. The maximum atomic E-state index is 2.49. The fourth-order valence-corrected chi connectivity index (χ4v) is 21.5. The smallest absolute Gasteiger partial charge is 0.0562 e. The molecule has 2 aliphatic rings. The third kappa shape index (κ3) is 10.5. The summed E-state index contributed by atoms with van der Waals surface area (Å²) in [5.41, 5.74) is 33.6. The molecule has 0 amide bonds. The second-order valence-corrected chi connectivity index (χ2v) is 34.3. The highest BCUT2D eigenvalue weighted by molar-refractivity contribution is 6.32. The van der Waals surface area contributed by atoms with Gasteiger partial charge in [-0.2, -0.15) is 0 Å². The second-order valence-electron chi connectivity index (χ2n) is 34.3. The summed E-state index contributed by atoms with van der Waals surface area (Å²) in [5, 5.41) is 14.4. The predicted octanol–water partition coefficient (Wildman–Crippen LogP) is 31.4. The maximum Gasteiger partial charge on any atom is 0.0562 e. The van der Waals surface area contributed by atoms with Gasteiger partial charge in [-0.3, -0.25) is 0 Å². The van der Waals surface area contributed by atoms with E-state index in [9.17, 15) is 0 Å². The lowest BCUT2D eigenvalue weighted by atomic mass is 9.82. The summed E-state index contributed by atoms with van der Waals surface area (Å²) in [5.74, 6) is 0. The SMILES string of the molecule is CC1(C)c2ccccc2-c2ccc(N(c3ccccc3)c3ccc4c5c6ccc7c(c6ccc5n(-c5ccccc5)c4c3)c3ccc(N(c4ccccc4)c4ccc5c6c8ccc9c(c8ccc6n(-c6ccccc6)c5c4)c4ccc(N(c5ccccc5)c5ccc6c(c5)C(C)(C)c5ccccc5-6)cc4n9-c4ccccc4)cc3n7-c3ccccc3)cc21. The number of aromatic nitrogens is 4. The van der Waals surface area contributed by atoms with Gasteiger partial charge in [0.15, 0.2) is 0 Å². The highest BCUT2D eigenvalue weighted by Crippen LogP contribution is 2.55. The van der Waals surface area contributed by atoms with Gasteiger partial charge in [-0.25, -0.2) is 0 Å². The fraction of sp³-hybridized carbons (Fsp3) is 0.0517. The second kappa shape index (κ2) is 26.9. The highest BCUT2D eigenvalue weighted by atomic mass is 15.2. The van der Waals surface area contributed by atoms with Gasteiger partial charge in [-0.15, -0.1) is 0 Å². The van der Waals surface area contributed by atoms with Gasteiger partial charge in [0.05, 0.1) is 44.1 Å². The van der Waals surface area contributed by atoms with Crippen molar-refractivity contribution in [2.24, 2.45) is 0 Å². The topological polar surface area (TPSA) is 29.4 Å². The average molecular weight is 1570 g/mol. The Bertz CT molecular complexity index is 7820. The van der Waals surface area contributed by atoms with E-state index in [1.807, 2.05) is 0 Å². The maximum absolute atomic E-state index is 2.49. The molecule has 4 heterocycles. The third-order valence-electron chi connectivity index (χ3n) is 27.0. The van der Waals surface area contributed by atoms with E-state index in [4.69, 9.17) is 0 Å². The first-order chi connectivity index (χ1) is 60.6. The van der Waals surface area contributed by atoms with E-state index in [1.54, 1.807) is 0 Å². The van der Waals surface area contributed by atoms with Gasteiger partial charge in [0.1, 0.15) is 0 Å². The quantitative estimate of drug-likeness (QED) is 0.115. The van der Waals surface area contributed by atoms with Gasteiger partial charge in [0, 0.05) is 128 Å². The number of anilines is 9. The Kier molecular flexibility index (Phi) is 15.4. The molecule has 19 aromatic carbocycles. The molecule has 4 aromatic heterocycles. The molecule has 7 heteroatoms. The van der Waals surface area contributed by atoms with Crippen LogP contribution in [0.5, 0.6) is 0 Å². The van der Waals surface area contributed by atoms with Crippen LogP contribution in [0.25, 0.3) is 154 Å². The lowest BCUT2D eigenvalue weighted by molar-refractivity contribution is 0.660. The number of rotatable bonds is 13. The van der Waals surface area contributed by atoms with Crippen LogP contribution in [-0.2, 0) is 10.8 Å². The summed E-state index contributed by atoms with van der Waals surface area (Å²) in [6.07, 6.45) is 0. The molecule has 0 radical (unpaired) electrons. The summed E-state index contributed by atoms with van der Waals surface area (Å²) in [6, 6.07) is 156. The molecule has 7 nitrogen and oxygen atoms in total. The lowest BCUT2D eigenvalue weighted by Crippen LogP contribution is -2.16. The molecule has 580 valence electrons. The van der Waals surface area contributed by atoms with Crippen molar-refractivity contribution in [1.29, 1.82) is 0 Å². The zero-order chi connectivity index (χ0) is 81.5. The van der Waals surface area contributed by atoms with Crippen LogP contribution >= 0.6 is 0 Å². The van der Waals surface area contributed by atoms with Crippen LogP contribution < -0.4 is 14.7 Å². The van der Waals surface area contributed by atoms with Crippen molar-refractivity contribution in [2.75, 3.05) is 14.7 Å². The van der Waals surface area contributed by atoms with Crippen LogP contribution in [0.2, 0.25) is 0 Å². The normalized spacial score (nSPS) is 13.2. The van der Waals surface area contributed by atoms with Gasteiger partial charge in [-0.05, 0) is 248 Å². The molecule has 123 heavy (non-hydrogen) atoms. The van der Waals surface area contributed by atoms with Crippen LogP contribution in [0.3, 0.4) is 0 Å². The van der Waals surface area contributed by atoms with Gasteiger partial charge >= 0.3 is 0 Å². The number of hydrogen-bond donors (Lipinski definition) is 0.